The van der Waals surface area contributed by atoms with Gasteiger partial charge in [-0.2, -0.15) is 15.8 Å². The number of hydrogen-bond donors (Lipinski definition) is 0. The third-order valence-electron chi connectivity index (χ3n) is 25.5. The lowest BCUT2D eigenvalue weighted by atomic mass is 9.87. The lowest BCUT2D eigenvalue weighted by Gasteiger charge is -2.16. The Hall–Kier alpha value is -17.0. The second-order valence-electron chi connectivity index (χ2n) is 32.1. The number of hydrogen-bond acceptors (Lipinski definition) is 4. The average Bonchev–Trinajstić information content (AvgIpc) is 1.61. The molecule has 26 aromatic rings. The maximum Gasteiger partial charge on any atom is 0.0991 e. The minimum Gasteiger partial charge on any atom is -0.309 e. The van der Waals surface area contributed by atoms with Crippen molar-refractivity contribution in [3.63, 3.8) is 0 Å². The van der Waals surface area contributed by atoms with Crippen LogP contribution in [-0.4, -0.2) is 18.7 Å². The highest BCUT2D eigenvalue weighted by Gasteiger charge is 2.24. The van der Waals surface area contributed by atoms with Gasteiger partial charge in [-0.1, -0.05) is 261 Å². The predicted molar refractivity (Wildman–Crippen MR) is 513 cm³/mol. The van der Waals surface area contributed by atoms with Crippen LogP contribution in [0.4, 0.5) is 0 Å². The Morgan fingerprint density at radius 1 is 0.187 bits per heavy atom. The fourth-order valence-electron chi connectivity index (χ4n) is 20.1. The molecule has 0 aliphatic carbocycles. The molecule has 0 aliphatic rings. The summed E-state index contributed by atoms with van der Waals surface area (Å²) in [5.74, 6) is 0. The summed E-state index contributed by atoms with van der Waals surface area (Å²) >= 11 is 0. The average molecular weight is 1560 g/mol. The Bertz CT molecular complexity index is 8570. The fraction of sp³-hybridized carbons (Fsp3) is 0. The first-order chi connectivity index (χ1) is 60.9. The molecule has 7 heteroatoms. The zero-order chi connectivity index (χ0) is 81.5. The highest BCUT2D eigenvalue weighted by molar-refractivity contribution is 6.31. The van der Waals surface area contributed by atoms with E-state index in [4.69, 9.17) is 0 Å². The molecular weight excluding hydrogens is 1490 g/mol. The molecule has 0 saturated carbocycles. The molecule has 0 aliphatic heterocycles. The van der Waals surface area contributed by atoms with Crippen molar-refractivity contribution in [3.8, 4) is 91.0 Å². The van der Waals surface area contributed by atoms with E-state index in [2.05, 4.69) is 371 Å². The largest absolute Gasteiger partial charge is 0.309 e. The van der Waals surface area contributed by atoms with Crippen LogP contribution in [0.15, 0.2) is 407 Å². The Kier molecular flexibility index (Phi) is 16.0. The van der Waals surface area contributed by atoms with Gasteiger partial charge in [0.05, 0.1) is 73.7 Å². The van der Waals surface area contributed by atoms with Crippen molar-refractivity contribution in [2.24, 2.45) is 0 Å². The first-order valence-corrected chi connectivity index (χ1v) is 41.5. The number of fused-ring (bicyclic) bond motifs is 9. The molecule has 566 valence electrons. The monoisotopic (exact) mass is 1560 g/mol. The number of para-hydroxylation sites is 3. The van der Waals surface area contributed by atoms with Crippen LogP contribution in [0.5, 0.6) is 0 Å². The molecule has 22 aromatic carbocycles. The SMILES string of the molecule is N#Cc1ccc2c(c1)c1cc(-c3ccc4ccc5c(-c6ccccc6)ccc6ccc3c4c65)ccc1n2-c1ccccc1.N#Cc1ccc2c(c1)c1cc(-c3ccc4ccc5c(-c6ccccn6)ccc6ccc3c4c65)ccc1n2-c1ccccc1.N#Cc1ccc2c(c1)c1cc(-c3ccc4ccc5cccc6ccc3c4c56)ccc1n2-c1ccccc1. The number of nitriles is 3. The maximum absolute atomic E-state index is 9.71. The van der Waals surface area contributed by atoms with Crippen LogP contribution in [0.25, 0.3) is 235 Å². The van der Waals surface area contributed by atoms with E-state index in [0.717, 1.165) is 99.3 Å². The highest BCUT2D eigenvalue weighted by Crippen LogP contribution is 2.49. The summed E-state index contributed by atoms with van der Waals surface area (Å²) < 4.78 is 6.88. The number of aromatic nitrogens is 4. The molecule has 4 aromatic heterocycles. The molecule has 0 unspecified atom stereocenters. The zero-order valence-corrected chi connectivity index (χ0v) is 66.3. The summed E-state index contributed by atoms with van der Waals surface area (Å²) in [6.45, 7) is 0. The van der Waals surface area contributed by atoms with Crippen molar-refractivity contribution < 1.29 is 0 Å². The van der Waals surface area contributed by atoms with Gasteiger partial charge < -0.3 is 13.7 Å². The van der Waals surface area contributed by atoms with Crippen molar-refractivity contribution in [3.05, 3.63) is 423 Å². The van der Waals surface area contributed by atoms with Crippen molar-refractivity contribution >= 4 is 162 Å². The van der Waals surface area contributed by atoms with Crippen molar-refractivity contribution in [2.75, 3.05) is 0 Å². The molecule has 0 fully saturated rings. The summed E-state index contributed by atoms with van der Waals surface area (Å²) in [5.41, 5.74) is 23.8. The first kappa shape index (κ1) is 70.2. The second-order valence-corrected chi connectivity index (χ2v) is 32.1. The van der Waals surface area contributed by atoms with Gasteiger partial charge in [0.2, 0.25) is 0 Å². The lowest BCUT2D eigenvalue weighted by Crippen LogP contribution is -1.93. The molecule has 0 bridgehead atoms. The standard InChI is InChI=1S/C41H24N2.C40H23N3.C35H20N2/c42-25-26-11-21-38-36(23-26)37-24-30(16-22-39(37)43(38)31-9-5-2-6-10-31)33-18-13-29-14-19-34-32(27-7-3-1-4-8-27)17-12-28-15-20-35(33)41(29)40(28)34;41-24-25-9-19-37-34(22-25)35-23-28(14-20-38(35)43(37)29-6-2-1-3-7-29)30-15-10-26-13-18-33-31(36-8-4-5-21-42-36)16-11-27-12-17-32(30)39(26)40(27)33;36-21-22-9-17-32-30(19-22)31-20-26(14-18-33(31)37(32)27-7-2-1-3-8-27)28-15-12-25-11-10-23-5-4-6-24-13-16-29(28)35(25)34(23)24/h1-24H;1-23H;1-20H. The summed E-state index contributed by atoms with van der Waals surface area (Å²) in [4.78, 5) is 4.66. The molecule has 0 radical (unpaired) electrons. The first-order valence-electron chi connectivity index (χ1n) is 41.5. The number of benzene rings is 22. The summed E-state index contributed by atoms with van der Waals surface area (Å²) in [5, 5.41) is 58.6. The van der Waals surface area contributed by atoms with Crippen LogP contribution in [0.2, 0.25) is 0 Å². The van der Waals surface area contributed by atoms with Crippen molar-refractivity contribution in [1.29, 1.82) is 15.8 Å². The highest BCUT2D eigenvalue weighted by atomic mass is 15.0. The van der Waals surface area contributed by atoms with Crippen LogP contribution in [0, 0.1) is 34.0 Å². The summed E-state index contributed by atoms with van der Waals surface area (Å²) in [6, 6.07) is 149. The maximum atomic E-state index is 9.71. The smallest absolute Gasteiger partial charge is 0.0991 e. The van der Waals surface area contributed by atoms with Crippen molar-refractivity contribution in [1.82, 2.24) is 18.7 Å². The van der Waals surface area contributed by atoms with E-state index in [1.807, 2.05) is 72.9 Å². The van der Waals surface area contributed by atoms with Gasteiger partial charge in [-0.25, -0.2) is 0 Å². The minimum atomic E-state index is 0.663. The topological polar surface area (TPSA) is 99.1 Å². The Morgan fingerprint density at radius 3 is 0.789 bits per heavy atom. The molecule has 0 saturated heterocycles. The van der Waals surface area contributed by atoms with E-state index in [-0.39, 0.29) is 0 Å². The van der Waals surface area contributed by atoms with Crippen molar-refractivity contribution in [2.45, 2.75) is 0 Å². The summed E-state index contributed by atoms with van der Waals surface area (Å²) in [6.07, 6.45) is 1.86. The van der Waals surface area contributed by atoms with Crippen LogP contribution < -0.4 is 0 Å². The second kappa shape index (κ2) is 28.1. The number of nitrogens with zero attached hydrogens (tertiary/aromatic N) is 7. The molecule has 123 heavy (non-hydrogen) atoms. The lowest BCUT2D eigenvalue weighted by molar-refractivity contribution is 1.18. The third kappa shape index (κ3) is 11.2. The fourth-order valence-corrected chi connectivity index (χ4v) is 20.1. The van der Waals surface area contributed by atoms with Gasteiger partial charge in [0.25, 0.3) is 0 Å². The van der Waals surface area contributed by atoms with E-state index in [0.29, 0.717) is 16.7 Å². The Labute approximate surface area is 706 Å². The minimum absolute atomic E-state index is 0.663. The van der Waals surface area contributed by atoms with Crippen LogP contribution in [0.1, 0.15) is 16.7 Å². The Balaban J connectivity index is 0.000000104. The molecule has 4 heterocycles. The van der Waals surface area contributed by atoms with Gasteiger partial charge in [-0.3, -0.25) is 4.98 Å². The normalized spacial score (nSPS) is 11.7. The van der Waals surface area contributed by atoms with Gasteiger partial charge in [-0.15, -0.1) is 0 Å². The molecule has 0 spiro atoms. The number of pyridine rings is 1. The predicted octanol–water partition coefficient (Wildman–Crippen LogP) is 30.4. The van der Waals surface area contributed by atoms with Gasteiger partial charge in [0.1, 0.15) is 0 Å². The molecule has 26 rings (SSSR count). The quantitative estimate of drug-likeness (QED) is 0.142. The zero-order valence-electron chi connectivity index (χ0n) is 66.3. The van der Waals surface area contributed by atoms with E-state index in [1.54, 1.807) is 0 Å². The molecular formula is C116H67N7. The van der Waals surface area contributed by atoms with E-state index in [1.165, 1.54) is 136 Å². The summed E-state index contributed by atoms with van der Waals surface area (Å²) in [7, 11) is 0. The molecule has 0 atom stereocenters. The number of rotatable bonds is 8. The van der Waals surface area contributed by atoms with E-state index in [9.17, 15) is 15.8 Å². The van der Waals surface area contributed by atoms with Gasteiger partial charge in [0, 0.05) is 61.1 Å². The van der Waals surface area contributed by atoms with E-state index >= 15 is 0 Å². The van der Waals surface area contributed by atoms with Gasteiger partial charge in [-0.05, 0) is 281 Å². The van der Waals surface area contributed by atoms with Gasteiger partial charge >= 0.3 is 0 Å². The third-order valence-corrected chi connectivity index (χ3v) is 25.5. The van der Waals surface area contributed by atoms with Crippen LogP contribution >= 0.6 is 0 Å². The van der Waals surface area contributed by atoms with Crippen LogP contribution in [0.3, 0.4) is 0 Å². The Morgan fingerprint density at radius 2 is 0.455 bits per heavy atom. The molecule has 0 N–H and O–H groups in total. The molecule has 7 nitrogen and oxygen atoms in total. The van der Waals surface area contributed by atoms with Gasteiger partial charge in [0.15, 0.2) is 0 Å². The van der Waals surface area contributed by atoms with E-state index < -0.39 is 0 Å². The van der Waals surface area contributed by atoms with Crippen LogP contribution in [-0.2, 0) is 0 Å². The molecule has 0 amide bonds.